The van der Waals surface area contributed by atoms with Gasteiger partial charge < -0.3 is 10.5 Å². The van der Waals surface area contributed by atoms with E-state index in [4.69, 9.17) is 22.7 Å². The SMILES string of the molecule is Cc1ccc(C(N)=S)c(Oc2cnn(C)c2)n1. The Morgan fingerprint density at radius 3 is 2.82 bits per heavy atom. The molecule has 2 aromatic rings. The van der Waals surface area contributed by atoms with Crippen LogP contribution in [-0.2, 0) is 7.05 Å². The Morgan fingerprint density at radius 1 is 1.47 bits per heavy atom. The highest BCUT2D eigenvalue weighted by Crippen LogP contribution is 2.22. The van der Waals surface area contributed by atoms with Crippen LogP contribution in [0.5, 0.6) is 11.6 Å². The van der Waals surface area contributed by atoms with Crippen LogP contribution in [0.2, 0.25) is 0 Å². The van der Waals surface area contributed by atoms with Gasteiger partial charge in [-0.25, -0.2) is 4.98 Å². The van der Waals surface area contributed by atoms with Gasteiger partial charge in [-0.05, 0) is 19.1 Å². The average Bonchev–Trinajstić information content (AvgIpc) is 2.63. The van der Waals surface area contributed by atoms with E-state index in [0.29, 0.717) is 17.2 Å². The molecule has 0 fully saturated rings. The standard InChI is InChI=1S/C11H12N4OS/c1-7-3-4-9(10(12)17)11(14-7)16-8-5-13-15(2)6-8/h3-6H,1-2H3,(H2,12,17). The second-order valence-corrected chi connectivity index (χ2v) is 4.06. The van der Waals surface area contributed by atoms with Crippen LogP contribution in [0, 0.1) is 6.92 Å². The molecule has 0 spiro atoms. The smallest absolute Gasteiger partial charge is 0.229 e. The number of ether oxygens (including phenoxy) is 1. The van der Waals surface area contributed by atoms with E-state index in [0.717, 1.165) is 5.69 Å². The van der Waals surface area contributed by atoms with Crippen LogP contribution in [0.15, 0.2) is 24.5 Å². The summed E-state index contributed by atoms with van der Waals surface area (Å²) in [7, 11) is 1.81. The van der Waals surface area contributed by atoms with Crippen LogP contribution in [-0.4, -0.2) is 19.8 Å². The van der Waals surface area contributed by atoms with Gasteiger partial charge in [0.25, 0.3) is 0 Å². The summed E-state index contributed by atoms with van der Waals surface area (Å²) >= 11 is 4.95. The molecule has 0 aliphatic rings. The van der Waals surface area contributed by atoms with Crippen molar-refractivity contribution in [2.75, 3.05) is 0 Å². The summed E-state index contributed by atoms with van der Waals surface area (Å²) in [5.41, 5.74) is 7.07. The van der Waals surface area contributed by atoms with Crippen LogP contribution in [0.3, 0.4) is 0 Å². The summed E-state index contributed by atoms with van der Waals surface area (Å²) in [6.45, 7) is 1.87. The van der Waals surface area contributed by atoms with E-state index in [1.165, 1.54) is 0 Å². The number of rotatable bonds is 3. The van der Waals surface area contributed by atoms with Crippen molar-refractivity contribution in [3.05, 3.63) is 35.8 Å². The first-order valence-electron chi connectivity index (χ1n) is 5.00. The van der Waals surface area contributed by atoms with Gasteiger partial charge in [0.15, 0.2) is 5.75 Å². The summed E-state index contributed by atoms with van der Waals surface area (Å²) < 4.78 is 7.25. The van der Waals surface area contributed by atoms with E-state index >= 15 is 0 Å². The second kappa shape index (κ2) is 4.50. The zero-order valence-corrected chi connectivity index (χ0v) is 10.4. The maximum atomic E-state index is 5.61. The zero-order valence-electron chi connectivity index (χ0n) is 9.54. The second-order valence-electron chi connectivity index (χ2n) is 3.62. The lowest BCUT2D eigenvalue weighted by atomic mass is 10.2. The molecule has 0 bridgehead atoms. The molecule has 0 amide bonds. The molecule has 0 atom stereocenters. The van der Waals surface area contributed by atoms with Gasteiger partial charge in [0, 0.05) is 12.7 Å². The van der Waals surface area contributed by atoms with Gasteiger partial charge in [0.2, 0.25) is 5.88 Å². The third-order valence-electron chi connectivity index (χ3n) is 2.16. The fourth-order valence-electron chi connectivity index (χ4n) is 1.36. The molecule has 6 heteroatoms. The monoisotopic (exact) mass is 248 g/mol. The van der Waals surface area contributed by atoms with Crippen molar-refractivity contribution < 1.29 is 4.74 Å². The number of nitrogens with two attached hydrogens (primary N) is 1. The van der Waals surface area contributed by atoms with Crippen molar-refractivity contribution in [2.24, 2.45) is 12.8 Å². The molecule has 0 saturated carbocycles. The summed E-state index contributed by atoms with van der Waals surface area (Å²) in [5.74, 6) is 1.01. The maximum Gasteiger partial charge on any atom is 0.229 e. The van der Waals surface area contributed by atoms with Crippen molar-refractivity contribution in [3.8, 4) is 11.6 Å². The number of aromatic nitrogens is 3. The predicted octanol–water partition coefficient (Wildman–Crippen LogP) is 1.55. The molecule has 0 saturated heterocycles. The Labute approximate surface area is 104 Å². The van der Waals surface area contributed by atoms with Crippen LogP contribution in [0.4, 0.5) is 0 Å². The van der Waals surface area contributed by atoms with Crippen molar-refractivity contribution in [1.82, 2.24) is 14.8 Å². The predicted molar refractivity (Wildman–Crippen MR) is 68.1 cm³/mol. The molecule has 88 valence electrons. The molecule has 2 N–H and O–H groups in total. The van der Waals surface area contributed by atoms with Gasteiger partial charge in [-0.15, -0.1) is 0 Å². The molecule has 2 rings (SSSR count). The molecule has 0 aliphatic carbocycles. The highest BCUT2D eigenvalue weighted by Gasteiger charge is 2.10. The Morgan fingerprint density at radius 2 is 2.24 bits per heavy atom. The average molecular weight is 248 g/mol. The Bertz CT molecular complexity index is 564. The van der Waals surface area contributed by atoms with Gasteiger partial charge in [-0.1, -0.05) is 12.2 Å². The summed E-state index contributed by atoms with van der Waals surface area (Å²) in [6, 6.07) is 3.64. The fraction of sp³-hybridized carbons (Fsp3) is 0.182. The van der Waals surface area contributed by atoms with Gasteiger partial charge in [0.05, 0.1) is 18.0 Å². The van der Waals surface area contributed by atoms with Crippen molar-refractivity contribution >= 4 is 17.2 Å². The third kappa shape index (κ3) is 2.59. The summed E-state index contributed by atoms with van der Waals surface area (Å²) in [6.07, 6.45) is 3.35. The van der Waals surface area contributed by atoms with Crippen molar-refractivity contribution in [1.29, 1.82) is 0 Å². The van der Waals surface area contributed by atoms with E-state index in [-0.39, 0.29) is 4.99 Å². The quantitative estimate of drug-likeness (QED) is 0.835. The first-order valence-corrected chi connectivity index (χ1v) is 5.41. The molecule has 2 heterocycles. The number of nitrogens with zero attached hydrogens (tertiary/aromatic N) is 3. The Hall–Kier alpha value is -1.95. The van der Waals surface area contributed by atoms with E-state index in [1.54, 1.807) is 23.1 Å². The van der Waals surface area contributed by atoms with Crippen LogP contribution < -0.4 is 10.5 Å². The largest absolute Gasteiger partial charge is 0.435 e. The lowest BCUT2D eigenvalue weighted by molar-refractivity contribution is 0.460. The number of hydrogen-bond donors (Lipinski definition) is 1. The van der Waals surface area contributed by atoms with Crippen LogP contribution in [0.1, 0.15) is 11.3 Å². The minimum atomic E-state index is 0.261. The maximum absolute atomic E-state index is 5.61. The highest BCUT2D eigenvalue weighted by atomic mass is 32.1. The lowest BCUT2D eigenvalue weighted by Gasteiger charge is -2.07. The lowest BCUT2D eigenvalue weighted by Crippen LogP contribution is -2.11. The van der Waals surface area contributed by atoms with Gasteiger partial charge in [-0.2, -0.15) is 5.10 Å². The van der Waals surface area contributed by atoms with Crippen molar-refractivity contribution in [3.63, 3.8) is 0 Å². The summed E-state index contributed by atoms with van der Waals surface area (Å²) in [5, 5.41) is 4.01. The molecular weight excluding hydrogens is 236 g/mol. The van der Waals surface area contributed by atoms with E-state index in [9.17, 15) is 0 Å². The minimum absolute atomic E-state index is 0.261. The number of pyridine rings is 1. The zero-order chi connectivity index (χ0) is 12.4. The van der Waals surface area contributed by atoms with E-state index in [1.807, 2.05) is 20.0 Å². The first kappa shape index (κ1) is 11.5. The van der Waals surface area contributed by atoms with E-state index in [2.05, 4.69) is 10.1 Å². The first-order chi connectivity index (χ1) is 8.06. The van der Waals surface area contributed by atoms with Gasteiger partial charge in [-0.3, -0.25) is 4.68 Å². The molecular formula is C11H12N4OS. The van der Waals surface area contributed by atoms with Gasteiger partial charge >= 0.3 is 0 Å². The molecule has 0 aromatic carbocycles. The van der Waals surface area contributed by atoms with Gasteiger partial charge in [0.1, 0.15) is 4.99 Å². The number of aryl methyl sites for hydroxylation is 2. The topological polar surface area (TPSA) is 66.0 Å². The number of hydrogen-bond acceptors (Lipinski definition) is 4. The van der Waals surface area contributed by atoms with E-state index < -0.39 is 0 Å². The molecule has 0 unspecified atom stereocenters. The Kier molecular flexibility index (Phi) is 3.06. The van der Waals surface area contributed by atoms with Crippen LogP contribution in [0.25, 0.3) is 0 Å². The summed E-state index contributed by atoms with van der Waals surface area (Å²) in [4.78, 5) is 4.53. The Balaban J connectivity index is 2.37. The highest BCUT2D eigenvalue weighted by molar-refractivity contribution is 7.80. The molecule has 5 nitrogen and oxygen atoms in total. The van der Waals surface area contributed by atoms with Crippen LogP contribution >= 0.6 is 12.2 Å². The molecule has 17 heavy (non-hydrogen) atoms. The molecule has 0 radical (unpaired) electrons. The van der Waals surface area contributed by atoms with Crippen molar-refractivity contribution in [2.45, 2.75) is 6.92 Å². The fourth-order valence-corrected chi connectivity index (χ4v) is 1.52. The normalized spacial score (nSPS) is 10.2. The minimum Gasteiger partial charge on any atom is -0.435 e. The number of thiocarbonyl (C=S) groups is 1. The molecule has 0 aliphatic heterocycles. The molecule has 2 aromatic heterocycles. The third-order valence-corrected chi connectivity index (χ3v) is 2.38.